The Morgan fingerprint density at radius 2 is 1.95 bits per heavy atom. The zero-order valence-corrected chi connectivity index (χ0v) is 12.4. The summed E-state index contributed by atoms with van der Waals surface area (Å²) in [4.78, 5) is 14.4. The third-order valence-corrected chi connectivity index (χ3v) is 2.72. The summed E-state index contributed by atoms with van der Waals surface area (Å²) in [5.41, 5.74) is 1.26. The molecule has 19 heavy (non-hydrogen) atoms. The molecule has 4 heteroatoms. The molecule has 0 aliphatic heterocycles. The Bertz CT molecular complexity index is 474. The van der Waals surface area contributed by atoms with E-state index in [9.17, 15) is 4.79 Å². The zero-order chi connectivity index (χ0) is 13.9. The molecular formula is C15H17BrN2O. The molecule has 2 aromatic rings. The van der Waals surface area contributed by atoms with Crippen molar-refractivity contribution in [1.29, 1.82) is 0 Å². The van der Waals surface area contributed by atoms with Crippen molar-refractivity contribution >= 4 is 21.8 Å². The fourth-order valence-electron chi connectivity index (χ4n) is 1.37. The number of nitrogens with zero attached hydrogens (tertiary/aromatic N) is 1. The van der Waals surface area contributed by atoms with Crippen LogP contribution >= 0.6 is 15.9 Å². The van der Waals surface area contributed by atoms with Crippen molar-refractivity contribution in [3.8, 4) is 0 Å². The van der Waals surface area contributed by atoms with E-state index in [4.69, 9.17) is 0 Å². The number of nitrogens with one attached hydrogen (secondary N) is 1. The van der Waals surface area contributed by atoms with E-state index < -0.39 is 0 Å². The molecule has 0 saturated carbocycles. The second-order valence-corrected chi connectivity index (χ2v) is 4.81. The molecule has 0 spiro atoms. The predicted octanol–water partition coefficient (Wildman–Crippen LogP) is 3.21. The first-order valence-electron chi connectivity index (χ1n) is 6.02. The van der Waals surface area contributed by atoms with Crippen LogP contribution in [0.3, 0.4) is 0 Å². The van der Waals surface area contributed by atoms with E-state index in [1.54, 1.807) is 12.4 Å². The lowest BCUT2D eigenvalue weighted by molar-refractivity contribution is -0.118. The first-order chi connectivity index (χ1) is 9.18. The van der Waals surface area contributed by atoms with Gasteiger partial charge in [0.05, 0.1) is 0 Å². The van der Waals surface area contributed by atoms with Crippen LogP contribution < -0.4 is 5.32 Å². The van der Waals surface area contributed by atoms with Gasteiger partial charge in [-0.15, -0.1) is 0 Å². The summed E-state index contributed by atoms with van der Waals surface area (Å²) < 4.78 is 1.02. The van der Waals surface area contributed by atoms with Gasteiger partial charge in [0.1, 0.15) is 0 Å². The molecule has 1 heterocycles. The third-order valence-electron chi connectivity index (χ3n) is 2.26. The quantitative estimate of drug-likeness (QED) is 0.943. The maximum Gasteiger partial charge on any atom is 0.216 e. The van der Waals surface area contributed by atoms with Gasteiger partial charge in [-0.1, -0.05) is 30.3 Å². The minimum Gasteiger partial charge on any atom is -0.356 e. The van der Waals surface area contributed by atoms with Crippen LogP contribution in [0.1, 0.15) is 12.5 Å². The smallest absolute Gasteiger partial charge is 0.216 e. The van der Waals surface area contributed by atoms with Crippen molar-refractivity contribution in [3.05, 3.63) is 64.9 Å². The van der Waals surface area contributed by atoms with Crippen LogP contribution in [0, 0.1) is 0 Å². The van der Waals surface area contributed by atoms with Gasteiger partial charge in [-0.05, 0) is 40.0 Å². The van der Waals surface area contributed by atoms with Crippen molar-refractivity contribution in [2.24, 2.45) is 0 Å². The van der Waals surface area contributed by atoms with Gasteiger partial charge in [-0.2, -0.15) is 0 Å². The Hall–Kier alpha value is -1.68. The van der Waals surface area contributed by atoms with Gasteiger partial charge in [-0.25, -0.2) is 0 Å². The lowest BCUT2D eigenvalue weighted by Gasteiger charge is -2.01. The number of carbonyl (C=O) groups excluding carboxylic acids is 1. The number of halogens is 1. The molecule has 3 nitrogen and oxygen atoms in total. The van der Waals surface area contributed by atoms with Crippen LogP contribution in [-0.2, 0) is 11.2 Å². The molecule has 2 rings (SSSR count). The van der Waals surface area contributed by atoms with Gasteiger partial charge < -0.3 is 5.32 Å². The number of benzene rings is 1. The topological polar surface area (TPSA) is 42.0 Å². The minimum atomic E-state index is 0.0333. The first kappa shape index (κ1) is 15.4. The highest BCUT2D eigenvalue weighted by Crippen LogP contribution is 2.03. The number of pyridine rings is 1. The maximum atomic E-state index is 10.5. The van der Waals surface area contributed by atoms with E-state index >= 15 is 0 Å². The molecule has 1 aromatic carbocycles. The second kappa shape index (κ2) is 9.28. The highest BCUT2D eigenvalue weighted by molar-refractivity contribution is 9.10. The number of rotatable bonds is 3. The SMILES string of the molecule is Brc1cccnc1.CC(=O)NCCc1ccccc1. The van der Waals surface area contributed by atoms with Crippen LogP contribution in [0.4, 0.5) is 0 Å². The molecule has 100 valence electrons. The molecule has 0 aliphatic carbocycles. The fourth-order valence-corrected chi connectivity index (χ4v) is 1.64. The summed E-state index contributed by atoms with van der Waals surface area (Å²) >= 11 is 3.25. The van der Waals surface area contributed by atoms with Crippen LogP contribution in [-0.4, -0.2) is 17.4 Å². The fraction of sp³-hybridized carbons (Fsp3) is 0.200. The Morgan fingerprint density at radius 1 is 1.21 bits per heavy atom. The third kappa shape index (κ3) is 8.11. The molecule has 0 fully saturated rings. The monoisotopic (exact) mass is 320 g/mol. The van der Waals surface area contributed by atoms with Gasteiger partial charge in [-0.3, -0.25) is 9.78 Å². The highest BCUT2D eigenvalue weighted by Gasteiger charge is 1.92. The summed E-state index contributed by atoms with van der Waals surface area (Å²) in [5, 5.41) is 2.76. The largest absolute Gasteiger partial charge is 0.356 e. The molecule has 0 aliphatic rings. The Labute approximate surface area is 122 Å². The Morgan fingerprint density at radius 3 is 2.42 bits per heavy atom. The van der Waals surface area contributed by atoms with Crippen LogP contribution in [0.15, 0.2) is 59.3 Å². The van der Waals surface area contributed by atoms with E-state index in [1.165, 1.54) is 12.5 Å². The number of aromatic nitrogens is 1. The summed E-state index contributed by atoms with van der Waals surface area (Å²) in [7, 11) is 0. The van der Waals surface area contributed by atoms with Crippen LogP contribution in [0.25, 0.3) is 0 Å². The van der Waals surface area contributed by atoms with E-state index in [0.717, 1.165) is 17.4 Å². The number of hydrogen-bond donors (Lipinski definition) is 1. The van der Waals surface area contributed by atoms with Gasteiger partial charge in [0.25, 0.3) is 0 Å². The van der Waals surface area contributed by atoms with Crippen molar-refractivity contribution < 1.29 is 4.79 Å². The van der Waals surface area contributed by atoms with Crippen molar-refractivity contribution in [1.82, 2.24) is 10.3 Å². The van der Waals surface area contributed by atoms with E-state index in [0.29, 0.717) is 0 Å². The van der Waals surface area contributed by atoms with E-state index in [1.807, 2.05) is 30.3 Å². The summed E-state index contributed by atoms with van der Waals surface area (Å²) in [5.74, 6) is 0.0333. The summed E-state index contributed by atoms with van der Waals surface area (Å²) in [6.07, 6.45) is 4.39. The lowest BCUT2D eigenvalue weighted by atomic mass is 10.1. The number of hydrogen-bond acceptors (Lipinski definition) is 2. The van der Waals surface area contributed by atoms with E-state index in [-0.39, 0.29) is 5.91 Å². The average Bonchev–Trinajstić information content (AvgIpc) is 2.41. The van der Waals surface area contributed by atoms with Crippen LogP contribution in [0.5, 0.6) is 0 Å². The molecule has 0 radical (unpaired) electrons. The first-order valence-corrected chi connectivity index (χ1v) is 6.81. The summed E-state index contributed by atoms with van der Waals surface area (Å²) in [6, 6.07) is 13.9. The average molecular weight is 321 g/mol. The van der Waals surface area contributed by atoms with Gasteiger partial charge >= 0.3 is 0 Å². The second-order valence-electron chi connectivity index (χ2n) is 3.89. The zero-order valence-electron chi connectivity index (χ0n) is 10.8. The number of carbonyl (C=O) groups is 1. The maximum absolute atomic E-state index is 10.5. The van der Waals surface area contributed by atoms with Crippen molar-refractivity contribution in [3.63, 3.8) is 0 Å². The van der Waals surface area contributed by atoms with Gasteiger partial charge in [0, 0.05) is 30.3 Å². The molecule has 0 bridgehead atoms. The van der Waals surface area contributed by atoms with Crippen molar-refractivity contribution in [2.45, 2.75) is 13.3 Å². The lowest BCUT2D eigenvalue weighted by Crippen LogP contribution is -2.22. The van der Waals surface area contributed by atoms with Gasteiger partial charge in [0.2, 0.25) is 5.91 Å². The molecule has 1 amide bonds. The van der Waals surface area contributed by atoms with Crippen molar-refractivity contribution in [2.75, 3.05) is 6.54 Å². The molecular weight excluding hydrogens is 304 g/mol. The predicted molar refractivity (Wildman–Crippen MR) is 80.8 cm³/mol. The van der Waals surface area contributed by atoms with Crippen LogP contribution in [0.2, 0.25) is 0 Å². The van der Waals surface area contributed by atoms with E-state index in [2.05, 4.69) is 38.4 Å². The normalized spacial score (nSPS) is 9.16. The summed E-state index contributed by atoms with van der Waals surface area (Å²) in [6.45, 7) is 2.25. The number of amides is 1. The molecule has 1 aromatic heterocycles. The molecule has 1 N–H and O–H groups in total. The van der Waals surface area contributed by atoms with Gasteiger partial charge in [0.15, 0.2) is 0 Å². The molecule has 0 unspecified atom stereocenters. The molecule has 0 atom stereocenters. The minimum absolute atomic E-state index is 0.0333. The Kier molecular flexibility index (Phi) is 7.51. The molecule has 0 saturated heterocycles. The Balaban J connectivity index is 0.000000218. The standard InChI is InChI=1S/C10H13NO.C5H4BrN/c1-9(12)11-8-7-10-5-3-2-4-6-10;6-5-2-1-3-7-4-5/h2-6H,7-8H2,1H3,(H,11,12);1-4H. The highest BCUT2D eigenvalue weighted by atomic mass is 79.9.